The average Bonchev–Trinajstić information content (AvgIpc) is 3.21. The van der Waals surface area contributed by atoms with E-state index in [1.807, 2.05) is 30.3 Å². The molecule has 1 amide bonds. The molecular formula is C21H19FN2O4. The zero-order valence-corrected chi connectivity index (χ0v) is 15.2. The van der Waals surface area contributed by atoms with Gasteiger partial charge < -0.3 is 14.0 Å². The van der Waals surface area contributed by atoms with E-state index in [2.05, 4.69) is 5.32 Å². The molecule has 0 fully saturated rings. The van der Waals surface area contributed by atoms with Crippen LogP contribution in [0.15, 0.2) is 72.9 Å². The van der Waals surface area contributed by atoms with Crippen LogP contribution in [0.2, 0.25) is 0 Å². The minimum Gasteiger partial charge on any atom is -0.464 e. The zero-order valence-electron chi connectivity index (χ0n) is 15.2. The van der Waals surface area contributed by atoms with Gasteiger partial charge in [-0.2, -0.15) is 0 Å². The summed E-state index contributed by atoms with van der Waals surface area (Å²) in [6.07, 6.45) is 0.160. The van der Waals surface area contributed by atoms with E-state index in [0.29, 0.717) is 5.56 Å². The largest absolute Gasteiger partial charge is 0.464 e. The first-order chi connectivity index (χ1) is 13.6. The molecular weight excluding hydrogens is 363 g/mol. The summed E-state index contributed by atoms with van der Waals surface area (Å²) in [5, 5.41) is 2.72. The molecule has 3 rings (SSSR count). The van der Waals surface area contributed by atoms with Gasteiger partial charge in [0.25, 0.3) is 0 Å². The van der Waals surface area contributed by atoms with Gasteiger partial charge in [-0.25, -0.2) is 14.0 Å². The van der Waals surface area contributed by atoms with Crippen molar-refractivity contribution in [2.45, 2.75) is 12.8 Å². The Balaban J connectivity index is 1.82. The fourth-order valence-electron chi connectivity index (χ4n) is 2.73. The summed E-state index contributed by atoms with van der Waals surface area (Å²) in [5.41, 5.74) is 1.65. The molecule has 0 aliphatic carbocycles. The first-order valence-electron chi connectivity index (χ1n) is 8.56. The molecule has 0 spiro atoms. The van der Waals surface area contributed by atoms with Crippen LogP contribution in [0.1, 0.15) is 27.8 Å². The predicted molar refractivity (Wildman–Crippen MR) is 100 cm³/mol. The van der Waals surface area contributed by atoms with E-state index in [4.69, 9.17) is 9.47 Å². The summed E-state index contributed by atoms with van der Waals surface area (Å²) in [4.78, 5) is 24.4. The van der Waals surface area contributed by atoms with Crippen molar-refractivity contribution < 1.29 is 23.5 Å². The minimum atomic E-state index is -0.784. The molecule has 3 aromatic rings. The highest BCUT2D eigenvalue weighted by atomic mass is 19.1. The highest BCUT2D eigenvalue weighted by Crippen LogP contribution is 2.20. The van der Waals surface area contributed by atoms with E-state index in [1.54, 1.807) is 18.3 Å². The molecule has 144 valence electrons. The lowest BCUT2D eigenvalue weighted by molar-refractivity contribution is 0.0584. The van der Waals surface area contributed by atoms with Crippen molar-refractivity contribution in [3.05, 3.63) is 95.6 Å². The summed E-state index contributed by atoms with van der Waals surface area (Å²) < 4.78 is 24.9. The summed E-state index contributed by atoms with van der Waals surface area (Å²) >= 11 is 0. The van der Waals surface area contributed by atoms with Gasteiger partial charge in [0.1, 0.15) is 24.3 Å². The molecule has 0 saturated carbocycles. The van der Waals surface area contributed by atoms with Crippen molar-refractivity contribution in [2.24, 2.45) is 0 Å². The van der Waals surface area contributed by atoms with E-state index >= 15 is 0 Å². The fraction of sp³-hybridized carbons (Fsp3) is 0.143. The maximum absolute atomic E-state index is 13.3. The minimum absolute atomic E-state index is 0.0956. The highest BCUT2D eigenvalue weighted by Gasteiger charge is 2.22. The van der Waals surface area contributed by atoms with E-state index in [0.717, 1.165) is 5.56 Å². The monoisotopic (exact) mass is 382 g/mol. The molecule has 0 radical (unpaired) electrons. The summed E-state index contributed by atoms with van der Waals surface area (Å²) in [7, 11) is 1.27. The first kappa shape index (κ1) is 19.2. The van der Waals surface area contributed by atoms with Gasteiger partial charge in [0.05, 0.1) is 7.11 Å². The Morgan fingerprint density at radius 2 is 1.75 bits per heavy atom. The van der Waals surface area contributed by atoms with Crippen LogP contribution in [0.5, 0.6) is 0 Å². The van der Waals surface area contributed by atoms with Crippen LogP contribution in [-0.4, -0.2) is 23.7 Å². The number of rotatable bonds is 6. The molecule has 6 nitrogen and oxygen atoms in total. The quantitative estimate of drug-likeness (QED) is 0.657. The van der Waals surface area contributed by atoms with Gasteiger partial charge in [-0.15, -0.1) is 0 Å². The molecule has 0 bridgehead atoms. The van der Waals surface area contributed by atoms with E-state index in [-0.39, 0.29) is 12.3 Å². The Kier molecular flexibility index (Phi) is 6.06. The second-order valence-electron chi connectivity index (χ2n) is 5.95. The van der Waals surface area contributed by atoms with Crippen LogP contribution < -0.4 is 5.32 Å². The molecule has 7 heteroatoms. The SMILES string of the molecule is COC(=O)c1cccn1[C@@H](NC(=O)OCc1ccccc1)c1ccc(F)cc1. The van der Waals surface area contributed by atoms with Crippen LogP contribution >= 0.6 is 0 Å². The number of aromatic nitrogens is 1. The number of amides is 1. The molecule has 1 heterocycles. The number of hydrogen-bond donors (Lipinski definition) is 1. The standard InChI is InChI=1S/C21H19FN2O4/c1-27-20(25)18-8-5-13-24(18)19(16-9-11-17(22)12-10-16)23-21(26)28-14-15-6-3-2-4-7-15/h2-13,19H,14H2,1H3,(H,23,26)/t19-/m1/s1. The van der Waals surface area contributed by atoms with Gasteiger partial charge in [0.2, 0.25) is 0 Å². The number of hydrogen-bond acceptors (Lipinski definition) is 4. The maximum Gasteiger partial charge on any atom is 0.409 e. The number of esters is 1. The number of carbonyl (C=O) groups excluding carboxylic acids is 2. The molecule has 0 saturated heterocycles. The Labute approximate surface area is 161 Å². The second kappa shape index (κ2) is 8.85. The molecule has 1 N–H and O–H groups in total. The third-order valence-electron chi connectivity index (χ3n) is 4.10. The molecule has 0 unspecified atom stereocenters. The summed E-state index contributed by atoms with van der Waals surface area (Å²) in [6, 6.07) is 18.1. The van der Waals surface area contributed by atoms with Crippen molar-refractivity contribution in [2.75, 3.05) is 7.11 Å². The van der Waals surface area contributed by atoms with Crippen LogP contribution in [0.25, 0.3) is 0 Å². The lowest BCUT2D eigenvalue weighted by Crippen LogP contribution is -2.34. The van der Waals surface area contributed by atoms with Gasteiger partial charge >= 0.3 is 12.1 Å². The molecule has 1 aromatic heterocycles. The van der Waals surface area contributed by atoms with Crippen molar-refractivity contribution in [3.63, 3.8) is 0 Å². The Morgan fingerprint density at radius 1 is 1.04 bits per heavy atom. The van der Waals surface area contributed by atoms with E-state index in [9.17, 15) is 14.0 Å². The smallest absolute Gasteiger partial charge is 0.409 e. The summed E-state index contributed by atoms with van der Waals surface area (Å²) in [6.45, 7) is 0.0956. The zero-order chi connectivity index (χ0) is 19.9. The topological polar surface area (TPSA) is 69.6 Å². The highest BCUT2D eigenvalue weighted by molar-refractivity contribution is 5.87. The van der Waals surface area contributed by atoms with Crippen LogP contribution in [0.3, 0.4) is 0 Å². The lowest BCUT2D eigenvalue weighted by atomic mass is 10.1. The van der Waals surface area contributed by atoms with Crippen molar-refractivity contribution in [3.8, 4) is 0 Å². The molecule has 0 aliphatic rings. The number of nitrogens with one attached hydrogen (secondary N) is 1. The van der Waals surface area contributed by atoms with Gasteiger partial charge in [0.15, 0.2) is 0 Å². The number of alkyl carbamates (subject to hydrolysis) is 1. The predicted octanol–water partition coefficient (Wildman–Crippen LogP) is 3.89. The van der Waals surface area contributed by atoms with Crippen LogP contribution in [0, 0.1) is 5.82 Å². The van der Waals surface area contributed by atoms with Gasteiger partial charge in [0, 0.05) is 6.20 Å². The van der Waals surface area contributed by atoms with Gasteiger partial charge in [-0.3, -0.25) is 5.32 Å². The van der Waals surface area contributed by atoms with Crippen LogP contribution in [-0.2, 0) is 16.1 Å². The van der Waals surface area contributed by atoms with E-state index in [1.165, 1.54) is 35.9 Å². The molecule has 1 atom stereocenters. The number of benzene rings is 2. The fourth-order valence-corrected chi connectivity index (χ4v) is 2.73. The Hall–Kier alpha value is -3.61. The molecule has 0 aliphatic heterocycles. The first-order valence-corrected chi connectivity index (χ1v) is 8.56. The summed E-state index contributed by atoms with van der Waals surface area (Å²) in [5.74, 6) is -0.966. The molecule has 28 heavy (non-hydrogen) atoms. The number of halogens is 1. The van der Waals surface area contributed by atoms with E-state index < -0.39 is 24.0 Å². The van der Waals surface area contributed by atoms with Crippen molar-refractivity contribution in [1.82, 2.24) is 9.88 Å². The lowest BCUT2D eigenvalue weighted by Gasteiger charge is -2.22. The normalized spacial score (nSPS) is 11.5. The van der Waals surface area contributed by atoms with Crippen molar-refractivity contribution in [1.29, 1.82) is 0 Å². The van der Waals surface area contributed by atoms with Gasteiger partial charge in [-0.1, -0.05) is 42.5 Å². The second-order valence-corrected chi connectivity index (χ2v) is 5.95. The number of carbonyl (C=O) groups is 2. The van der Waals surface area contributed by atoms with Crippen LogP contribution in [0.4, 0.5) is 9.18 Å². The Morgan fingerprint density at radius 3 is 2.43 bits per heavy atom. The third kappa shape index (κ3) is 4.56. The maximum atomic E-state index is 13.3. The number of methoxy groups -OCH3 is 1. The molecule has 2 aromatic carbocycles. The van der Waals surface area contributed by atoms with Crippen molar-refractivity contribution >= 4 is 12.1 Å². The Bertz CT molecular complexity index is 939. The van der Waals surface area contributed by atoms with Gasteiger partial charge in [-0.05, 0) is 35.4 Å². The number of nitrogens with zero attached hydrogens (tertiary/aromatic N) is 1. The number of ether oxygens (including phenoxy) is 2. The average molecular weight is 382 g/mol. The third-order valence-corrected chi connectivity index (χ3v) is 4.10.